The van der Waals surface area contributed by atoms with Gasteiger partial charge in [-0.15, -0.1) is 0 Å². The molecule has 1 rings (SSSR count). The number of carbonyl (C=O) groups is 1. The van der Waals surface area contributed by atoms with Crippen LogP contribution in [0.25, 0.3) is 0 Å². The molecular formula is C9H15N3O2. The molecule has 5 heteroatoms. The first-order valence-corrected chi connectivity index (χ1v) is 4.68. The summed E-state index contributed by atoms with van der Waals surface area (Å²) >= 11 is 0. The van der Waals surface area contributed by atoms with Gasteiger partial charge in [-0.1, -0.05) is 6.92 Å². The summed E-state index contributed by atoms with van der Waals surface area (Å²) in [5.41, 5.74) is 0.515. The van der Waals surface area contributed by atoms with Crippen molar-refractivity contribution in [2.45, 2.75) is 25.8 Å². The van der Waals surface area contributed by atoms with Crippen LogP contribution in [0.1, 0.15) is 30.1 Å². The number of carbonyl (C=O) groups excluding carboxylic acids is 1. The maximum atomic E-state index is 11.5. The number of aliphatic hydroxyl groups is 1. The summed E-state index contributed by atoms with van der Waals surface area (Å²) in [7, 11) is 0. The van der Waals surface area contributed by atoms with Gasteiger partial charge in [0.15, 0.2) is 0 Å². The Morgan fingerprint density at radius 3 is 3.07 bits per heavy atom. The number of hydrogen-bond donors (Lipinski definition) is 3. The van der Waals surface area contributed by atoms with Crippen LogP contribution < -0.4 is 5.32 Å². The van der Waals surface area contributed by atoms with Crippen molar-refractivity contribution < 1.29 is 9.90 Å². The minimum atomic E-state index is -0.154. The second-order valence-corrected chi connectivity index (χ2v) is 3.08. The van der Waals surface area contributed by atoms with Gasteiger partial charge >= 0.3 is 0 Å². The van der Waals surface area contributed by atoms with E-state index in [4.69, 9.17) is 5.11 Å². The molecule has 0 bridgehead atoms. The molecule has 0 spiro atoms. The van der Waals surface area contributed by atoms with Gasteiger partial charge in [0.05, 0.1) is 11.8 Å². The maximum absolute atomic E-state index is 11.5. The van der Waals surface area contributed by atoms with Gasteiger partial charge in [-0.3, -0.25) is 9.89 Å². The predicted molar refractivity (Wildman–Crippen MR) is 51.8 cm³/mol. The highest BCUT2D eigenvalue weighted by molar-refractivity contribution is 5.93. The van der Waals surface area contributed by atoms with Crippen molar-refractivity contribution in [3.05, 3.63) is 18.0 Å². The first-order chi connectivity index (χ1) is 6.77. The average molecular weight is 197 g/mol. The predicted octanol–water partition coefficient (Wildman–Crippen LogP) is 0.300. The smallest absolute Gasteiger partial charge is 0.254 e. The number of nitrogens with zero attached hydrogens (tertiary/aromatic N) is 1. The zero-order chi connectivity index (χ0) is 10.4. The van der Waals surface area contributed by atoms with E-state index in [0.29, 0.717) is 12.0 Å². The number of nitrogens with one attached hydrogen (secondary N) is 2. The van der Waals surface area contributed by atoms with E-state index in [9.17, 15) is 4.79 Å². The Morgan fingerprint density at radius 1 is 1.79 bits per heavy atom. The fraction of sp³-hybridized carbons (Fsp3) is 0.556. The summed E-state index contributed by atoms with van der Waals surface area (Å²) in [6.07, 6.45) is 4.41. The zero-order valence-corrected chi connectivity index (χ0v) is 8.16. The van der Waals surface area contributed by atoms with Gasteiger partial charge in [-0.25, -0.2) is 0 Å². The van der Waals surface area contributed by atoms with E-state index in [0.717, 1.165) is 6.42 Å². The quantitative estimate of drug-likeness (QED) is 0.635. The number of rotatable bonds is 5. The third-order valence-electron chi connectivity index (χ3n) is 2.07. The first kappa shape index (κ1) is 10.7. The molecule has 3 N–H and O–H groups in total. The van der Waals surface area contributed by atoms with Crippen molar-refractivity contribution in [1.82, 2.24) is 15.5 Å². The average Bonchev–Trinajstić information content (AvgIpc) is 2.69. The molecule has 0 saturated heterocycles. The van der Waals surface area contributed by atoms with Gasteiger partial charge in [0.25, 0.3) is 5.91 Å². The Balaban J connectivity index is 2.47. The molecule has 1 aromatic rings. The highest BCUT2D eigenvalue weighted by Crippen LogP contribution is 2.00. The fourth-order valence-corrected chi connectivity index (χ4v) is 1.18. The molecule has 0 saturated carbocycles. The minimum Gasteiger partial charge on any atom is -0.396 e. The van der Waals surface area contributed by atoms with Crippen molar-refractivity contribution in [3.63, 3.8) is 0 Å². The molecule has 0 aromatic carbocycles. The van der Waals surface area contributed by atoms with Crippen LogP contribution in [0, 0.1) is 0 Å². The lowest BCUT2D eigenvalue weighted by Gasteiger charge is -2.14. The molecule has 1 unspecified atom stereocenters. The highest BCUT2D eigenvalue weighted by atomic mass is 16.3. The standard InChI is InChI=1S/C9H15N3O2/c1-2-8(3-4-13)12-9(14)7-5-10-11-6-7/h5-6,8,13H,2-4H2,1H3,(H,10,11)(H,12,14). The largest absolute Gasteiger partial charge is 0.396 e. The van der Waals surface area contributed by atoms with E-state index in [-0.39, 0.29) is 18.6 Å². The Hall–Kier alpha value is -1.36. The Morgan fingerprint density at radius 2 is 2.57 bits per heavy atom. The van der Waals surface area contributed by atoms with E-state index in [1.807, 2.05) is 6.92 Å². The summed E-state index contributed by atoms with van der Waals surface area (Å²) in [6.45, 7) is 2.06. The lowest BCUT2D eigenvalue weighted by molar-refractivity contribution is 0.0929. The molecule has 0 aliphatic heterocycles. The molecule has 1 atom stereocenters. The van der Waals surface area contributed by atoms with Gasteiger partial charge in [-0.2, -0.15) is 5.10 Å². The second kappa shape index (κ2) is 5.39. The van der Waals surface area contributed by atoms with E-state index < -0.39 is 0 Å². The summed E-state index contributed by atoms with van der Waals surface area (Å²) < 4.78 is 0. The molecule has 0 radical (unpaired) electrons. The summed E-state index contributed by atoms with van der Waals surface area (Å²) in [5.74, 6) is -0.154. The van der Waals surface area contributed by atoms with E-state index in [1.165, 1.54) is 6.20 Å². The molecule has 0 aliphatic carbocycles. The van der Waals surface area contributed by atoms with Crippen molar-refractivity contribution >= 4 is 5.91 Å². The SMILES string of the molecule is CCC(CCO)NC(=O)c1cn[nH]c1. The van der Waals surface area contributed by atoms with E-state index in [1.54, 1.807) is 6.20 Å². The van der Waals surface area contributed by atoms with Gasteiger partial charge in [-0.05, 0) is 12.8 Å². The first-order valence-electron chi connectivity index (χ1n) is 4.68. The monoisotopic (exact) mass is 197 g/mol. The van der Waals surface area contributed by atoms with Crippen molar-refractivity contribution in [3.8, 4) is 0 Å². The van der Waals surface area contributed by atoms with Gasteiger partial charge in [0.1, 0.15) is 0 Å². The topological polar surface area (TPSA) is 78.0 Å². The Labute approximate surface area is 82.5 Å². The summed E-state index contributed by atoms with van der Waals surface area (Å²) in [4.78, 5) is 11.5. The molecule has 1 heterocycles. The van der Waals surface area contributed by atoms with Crippen LogP contribution in [-0.2, 0) is 0 Å². The fourth-order valence-electron chi connectivity index (χ4n) is 1.18. The molecule has 0 fully saturated rings. The molecule has 14 heavy (non-hydrogen) atoms. The molecule has 0 aliphatic rings. The number of aliphatic hydroxyl groups excluding tert-OH is 1. The van der Waals surface area contributed by atoms with Crippen LogP contribution in [0.2, 0.25) is 0 Å². The van der Waals surface area contributed by atoms with Crippen LogP contribution >= 0.6 is 0 Å². The van der Waals surface area contributed by atoms with Gasteiger partial charge < -0.3 is 10.4 Å². The second-order valence-electron chi connectivity index (χ2n) is 3.08. The van der Waals surface area contributed by atoms with Gasteiger partial charge in [0, 0.05) is 18.8 Å². The van der Waals surface area contributed by atoms with E-state index in [2.05, 4.69) is 15.5 Å². The van der Waals surface area contributed by atoms with Crippen LogP contribution in [-0.4, -0.2) is 33.9 Å². The molecule has 78 valence electrons. The lowest BCUT2D eigenvalue weighted by atomic mass is 10.1. The van der Waals surface area contributed by atoms with Crippen LogP contribution in [0.5, 0.6) is 0 Å². The lowest BCUT2D eigenvalue weighted by Crippen LogP contribution is -2.34. The molecule has 1 amide bonds. The normalized spacial score (nSPS) is 12.4. The molecular weight excluding hydrogens is 182 g/mol. The van der Waals surface area contributed by atoms with Crippen LogP contribution in [0.4, 0.5) is 0 Å². The minimum absolute atomic E-state index is 0.0300. The molecule has 5 nitrogen and oxygen atoms in total. The number of amides is 1. The Bertz CT molecular complexity index is 272. The van der Waals surface area contributed by atoms with Crippen molar-refractivity contribution in [1.29, 1.82) is 0 Å². The highest BCUT2D eigenvalue weighted by Gasteiger charge is 2.11. The number of H-pyrrole nitrogens is 1. The third kappa shape index (κ3) is 2.85. The van der Waals surface area contributed by atoms with Crippen molar-refractivity contribution in [2.24, 2.45) is 0 Å². The van der Waals surface area contributed by atoms with E-state index >= 15 is 0 Å². The number of hydrogen-bond acceptors (Lipinski definition) is 3. The third-order valence-corrected chi connectivity index (χ3v) is 2.07. The zero-order valence-electron chi connectivity index (χ0n) is 8.16. The van der Waals surface area contributed by atoms with Crippen LogP contribution in [0.15, 0.2) is 12.4 Å². The van der Waals surface area contributed by atoms with Crippen molar-refractivity contribution in [2.75, 3.05) is 6.61 Å². The number of aromatic amines is 1. The Kier molecular flexibility index (Phi) is 4.12. The number of aromatic nitrogens is 2. The maximum Gasteiger partial charge on any atom is 0.254 e. The van der Waals surface area contributed by atoms with Gasteiger partial charge in [0.2, 0.25) is 0 Å². The summed E-state index contributed by atoms with van der Waals surface area (Å²) in [5, 5.41) is 17.8. The summed E-state index contributed by atoms with van der Waals surface area (Å²) in [6, 6.07) is 0.0300. The molecule has 1 aromatic heterocycles. The van der Waals surface area contributed by atoms with Crippen LogP contribution in [0.3, 0.4) is 0 Å².